The van der Waals surface area contributed by atoms with Crippen LogP contribution in [-0.2, 0) is 0 Å². The average molecular weight is 228 g/mol. The van der Waals surface area contributed by atoms with Crippen LogP contribution in [0.1, 0.15) is 26.7 Å². The van der Waals surface area contributed by atoms with Crippen LogP contribution in [0.5, 0.6) is 0 Å². The Balaban J connectivity index is 1.88. The van der Waals surface area contributed by atoms with Gasteiger partial charge in [0.2, 0.25) is 0 Å². The van der Waals surface area contributed by atoms with Crippen molar-refractivity contribution in [2.75, 3.05) is 32.4 Å². The molecule has 1 aliphatic carbocycles. The molecular weight excluding hydrogens is 204 g/mol. The molecule has 2 fully saturated rings. The maximum atomic E-state index is 3.33. The maximum Gasteiger partial charge on any atom is 0.0231 e. The zero-order valence-electron chi connectivity index (χ0n) is 10.3. The van der Waals surface area contributed by atoms with Gasteiger partial charge in [0.25, 0.3) is 0 Å². The van der Waals surface area contributed by atoms with E-state index < -0.39 is 0 Å². The van der Waals surface area contributed by atoms with Crippen molar-refractivity contribution < 1.29 is 0 Å². The van der Waals surface area contributed by atoms with Crippen LogP contribution in [0.2, 0.25) is 0 Å². The summed E-state index contributed by atoms with van der Waals surface area (Å²) in [6, 6.07) is 0.873. The lowest BCUT2D eigenvalue weighted by Crippen LogP contribution is -2.56. The van der Waals surface area contributed by atoms with Gasteiger partial charge in [-0.3, -0.25) is 4.90 Å². The van der Waals surface area contributed by atoms with E-state index in [0.717, 1.165) is 12.0 Å². The molecule has 1 saturated heterocycles. The van der Waals surface area contributed by atoms with E-state index in [4.69, 9.17) is 0 Å². The molecule has 2 unspecified atom stereocenters. The molecule has 0 bridgehead atoms. The largest absolute Gasteiger partial charge is 0.319 e. The molecule has 15 heavy (non-hydrogen) atoms. The first-order chi connectivity index (χ1) is 7.12. The van der Waals surface area contributed by atoms with Gasteiger partial charge in [0.1, 0.15) is 0 Å². The third-order valence-electron chi connectivity index (χ3n) is 3.77. The lowest BCUT2D eigenvalue weighted by molar-refractivity contribution is 0.0592. The summed E-state index contributed by atoms with van der Waals surface area (Å²) in [4.78, 5) is 2.74. The van der Waals surface area contributed by atoms with E-state index in [2.05, 4.69) is 42.9 Å². The maximum absolute atomic E-state index is 3.33. The first kappa shape index (κ1) is 11.7. The molecule has 88 valence electrons. The summed E-state index contributed by atoms with van der Waals surface area (Å²) in [5.41, 5.74) is 0. The summed E-state index contributed by atoms with van der Waals surface area (Å²) in [7, 11) is 2.07. The number of hydrogen-bond donors (Lipinski definition) is 1. The lowest BCUT2D eigenvalue weighted by atomic mass is 9.78. The minimum Gasteiger partial charge on any atom is -0.319 e. The summed E-state index contributed by atoms with van der Waals surface area (Å²) >= 11 is 2.13. The summed E-state index contributed by atoms with van der Waals surface area (Å²) in [6.45, 7) is 8.56. The van der Waals surface area contributed by atoms with Crippen molar-refractivity contribution in [1.82, 2.24) is 10.2 Å². The van der Waals surface area contributed by atoms with Gasteiger partial charge in [0.05, 0.1) is 0 Å². The summed E-state index contributed by atoms with van der Waals surface area (Å²) < 4.78 is 0.470. The van der Waals surface area contributed by atoms with Gasteiger partial charge < -0.3 is 5.32 Å². The highest BCUT2D eigenvalue weighted by Gasteiger charge is 2.38. The van der Waals surface area contributed by atoms with Crippen molar-refractivity contribution in [1.29, 1.82) is 0 Å². The van der Waals surface area contributed by atoms with E-state index >= 15 is 0 Å². The van der Waals surface area contributed by atoms with Crippen LogP contribution in [0.25, 0.3) is 0 Å². The summed E-state index contributed by atoms with van der Waals surface area (Å²) in [5, 5.41) is 3.33. The fraction of sp³-hybridized carbons (Fsp3) is 1.00. The topological polar surface area (TPSA) is 15.3 Å². The molecule has 2 atom stereocenters. The third kappa shape index (κ3) is 2.69. The highest BCUT2D eigenvalue weighted by atomic mass is 32.2. The van der Waals surface area contributed by atoms with E-state index in [-0.39, 0.29) is 0 Å². The van der Waals surface area contributed by atoms with Gasteiger partial charge in [-0.05, 0) is 46.2 Å². The summed E-state index contributed by atoms with van der Waals surface area (Å²) in [5.74, 6) is 2.23. The predicted molar refractivity (Wildman–Crippen MR) is 68.5 cm³/mol. The fourth-order valence-electron chi connectivity index (χ4n) is 2.87. The second kappa shape index (κ2) is 4.64. The molecule has 1 N–H and O–H groups in total. The van der Waals surface area contributed by atoms with Crippen molar-refractivity contribution in [3.63, 3.8) is 0 Å². The Bertz CT molecular complexity index is 218. The highest BCUT2D eigenvalue weighted by molar-refractivity contribution is 8.00. The SMILES string of the molecule is CNCC1CCC1N1CCSC(C)(C)C1. The van der Waals surface area contributed by atoms with E-state index in [0.29, 0.717) is 4.75 Å². The van der Waals surface area contributed by atoms with E-state index in [1.54, 1.807) is 0 Å². The Kier molecular flexibility index (Phi) is 3.63. The Morgan fingerprint density at radius 2 is 2.20 bits per heavy atom. The monoisotopic (exact) mass is 228 g/mol. The first-order valence-electron chi connectivity index (χ1n) is 6.15. The molecule has 0 amide bonds. The second-order valence-corrected chi connectivity index (χ2v) is 7.34. The number of nitrogens with one attached hydrogen (secondary N) is 1. The molecule has 3 heteroatoms. The van der Waals surface area contributed by atoms with Crippen molar-refractivity contribution in [3.05, 3.63) is 0 Å². The molecule has 0 aromatic carbocycles. The van der Waals surface area contributed by atoms with Crippen LogP contribution in [0.15, 0.2) is 0 Å². The van der Waals surface area contributed by atoms with Crippen LogP contribution < -0.4 is 5.32 Å². The molecule has 1 saturated carbocycles. The van der Waals surface area contributed by atoms with Gasteiger partial charge in [-0.1, -0.05) is 0 Å². The quantitative estimate of drug-likeness (QED) is 0.793. The van der Waals surface area contributed by atoms with Crippen molar-refractivity contribution in [3.8, 4) is 0 Å². The van der Waals surface area contributed by atoms with Gasteiger partial charge in [-0.2, -0.15) is 11.8 Å². The molecule has 1 heterocycles. The standard InChI is InChI=1S/C12H24N2S/c1-12(2)9-14(6-7-15-12)11-5-4-10(11)8-13-3/h10-11,13H,4-9H2,1-3H3. The minimum atomic E-state index is 0.470. The fourth-order valence-corrected chi connectivity index (χ4v) is 4.00. The Morgan fingerprint density at radius 1 is 1.40 bits per heavy atom. The number of thioether (sulfide) groups is 1. The van der Waals surface area contributed by atoms with E-state index in [1.165, 1.54) is 38.2 Å². The highest BCUT2D eigenvalue weighted by Crippen LogP contribution is 2.37. The number of hydrogen-bond acceptors (Lipinski definition) is 3. The summed E-state index contributed by atoms with van der Waals surface area (Å²) in [6.07, 6.45) is 2.85. The molecule has 2 aliphatic rings. The minimum absolute atomic E-state index is 0.470. The van der Waals surface area contributed by atoms with Gasteiger partial charge in [-0.15, -0.1) is 0 Å². The van der Waals surface area contributed by atoms with E-state index in [9.17, 15) is 0 Å². The molecule has 1 aliphatic heterocycles. The van der Waals surface area contributed by atoms with Gasteiger partial charge in [0.15, 0.2) is 0 Å². The second-order valence-electron chi connectivity index (χ2n) is 5.54. The van der Waals surface area contributed by atoms with Crippen LogP contribution in [0, 0.1) is 5.92 Å². The molecule has 0 spiro atoms. The Labute approximate surface area is 98.2 Å². The van der Waals surface area contributed by atoms with Crippen LogP contribution in [-0.4, -0.2) is 48.1 Å². The zero-order valence-corrected chi connectivity index (χ0v) is 11.1. The normalized spacial score (nSPS) is 36.2. The first-order valence-corrected chi connectivity index (χ1v) is 7.13. The van der Waals surface area contributed by atoms with Gasteiger partial charge >= 0.3 is 0 Å². The van der Waals surface area contributed by atoms with Crippen molar-refractivity contribution >= 4 is 11.8 Å². The van der Waals surface area contributed by atoms with Gasteiger partial charge in [-0.25, -0.2) is 0 Å². The third-order valence-corrected chi connectivity index (χ3v) is 5.07. The Morgan fingerprint density at radius 3 is 2.73 bits per heavy atom. The number of nitrogens with zero attached hydrogens (tertiary/aromatic N) is 1. The zero-order chi connectivity index (χ0) is 10.9. The molecule has 2 nitrogen and oxygen atoms in total. The smallest absolute Gasteiger partial charge is 0.0231 e. The number of rotatable bonds is 3. The predicted octanol–water partition coefficient (Wildman–Crippen LogP) is 1.81. The molecule has 0 radical (unpaired) electrons. The molecule has 0 aromatic rings. The van der Waals surface area contributed by atoms with Crippen LogP contribution in [0.4, 0.5) is 0 Å². The van der Waals surface area contributed by atoms with Crippen LogP contribution >= 0.6 is 11.8 Å². The van der Waals surface area contributed by atoms with Crippen molar-refractivity contribution in [2.24, 2.45) is 5.92 Å². The lowest BCUT2D eigenvalue weighted by Gasteiger charge is -2.49. The molecule has 2 rings (SSSR count). The Hall–Kier alpha value is 0.270. The van der Waals surface area contributed by atoms with E-state index in [1.807, 2.05) is 0 Å². The van der Waals surface area contributed by atoms with Gasteiger partial charge in [0, 0.05) is 29.6 Å². The molecular formula is C12H24N2S. The van der Waals surface area contributed by atoms with Crippen molar-refractivity contribution in [2.45, 2.75) is 37.5 Å². The average Bonchev–Trinajstić information content (AvgIpc) is 2.11. The van der Waals surface area contributed by atoms with Crippen LogP contribution in [0.3, 0.4) is 0 Å². The molecule has 0 aromatic heterocycles.